The van der Waals surface area contributed by atoms with E-state index in [1.807, 2.05) is 6.07 Å². The lowest BCUT2D eigenvalue weighted by Gasteiger charge is -1.99. The Morgan fingerprint density at radius 1 is 1.41 bits per heavy atom. The average molecular weight is 246 g/mol. The molecule has 3 nitrogen and oxygen atoms in total. The van der Waals surface area contributed by atoms with E-state index in [0.717, 1.165) is 16.5 Å². The van der Waals surface area contributed by atoms with Gasteiger partial charge >= 0.3 is 5.97 Å². The first-order chi connectivity index (χ1) is 8.20. The van der Waals surface area contributed by atoms with Crippen LogP contribution in [-0.4, -0.2) is 18.1 Å². The number of hydrogen-bond donors (Lipinski definition) is 0. The first-order valence-electron chi connectivity index (χ1n) is 4.85. The number of methoxy groups -OCH3 is 1. The molecule has 0 aliphatic rings. The van der Waals surface area contributed by atoms with E-state index in [0.29, 0.717) is 5.02 Å². The Morgan fingerprint density at radius 2 is 2.24 bits per heavy atom. The smallest absolute Gasteiger partial charge is 0.384 e. The third kappa shape index (κ3) is 2.55. The number of aromatic nitrogens is 1. The lowest BCUT2D eigenvalue weighted by atomic mass is 10.1. The summed E-state index contributed by atoms with van der Waals surface area (Å²) in [7, 11) is 1.29. The SMILES string of the molecule is COC(=O)C#Cc1ccnc2cc(Cl)ccc12. The third-order valence-corrected chi connectivity index (χ3v) is 2.42. The fraction of sp³-hybridized carbons (Fsp3) is 0.0769. The van der Waals surface area contributed by atoms with Crippen molar-refractivity contribution < 1.29 is 9.53 Å². The van der Waals surface area contributed by atoms with E-state index < -0.39 is 5.97 Å². The van der Waals surface area contributed by atoms with Crippen molar-refractivity contribution in [1.82, 2.24) is 4.98 Å². The van der Waals surface area contributed by atoms with Crippen molar-refractivity contribution in [2.24, 2.45) is 0 Å². The molecule has 0 radical (unpaired) electrons. The number of ether oxygens (including phenoxy) is 1. The van der Waals surface area contributed by atoms with Crippen LogP contribution in [-0.2, 0) is 9.53 Å². The summed E-state index contributed by atoms with van der Waals surface area (Å²) in [4.78, 5) is 15.1. The Labute approximate surface area is 103 Å². The Bertz CT molecular complexity index is 641. The van der Waals surface area contributed by atoms with Crippen LogP contribution in [0.25, 0.3) is 10.9 Å². The number of nitrogens with zero attached hydrogens (tertiary/aromatic N) is 1. The van der Waals surface area contributed by atoms with Crippen LogP contribution in [0.5, 0.6) is 0 Å². The Morgan fingerprint density at radius 3 is 3.00 bits per heavy atom. The summed E-state index contributed by atoms with van der Waals surface area (Å²) in [6, 6.07) is 7.08. The predicted octanol–water partition coefficient (Wildman–Crippen LogP) is 2.41. The molecule has 0 aliphatic heterocycles. The van der Waals surface area contributed by atoms with E-state index in [2.05, 4.69) is 21.6 Å². The quantitative estimate of drug-likeness (QED) is 0.529. The molecule has 84 valence electrons. The summed E-state index contributed by atoms with van der Waals surface area (Å²) in [5.74, 6) is 4.57. The zero-order chi connectivity index (χ0) is 12.3. The van der Waals surface area contributed by atoms with Crippen LogP contribution in [0.2, 0.25) is 5.02 Å². The first-order valence-corrected chi connectivity index (χ1v) is 5.23. The van der Waals surface area contributed by atoms with Gasteiger partial charge in [-0.05, 0) is 18.2 Å². The van der Waals surface area contributed by atoms with Gasteiger partial charge in [-0.1, -0.05) is 23.6 Å². The fourth-order valence-corrected chi connectivity index (χ4v) is 1.57. The molecule has 0 atom stereocenters. The number of pyridine rings is 1. The van der Waals surface area contributed by atoms with E-state index >= 15 is 0 Å². The number of benzene rings is 1. The second kappa shape index (κ2) is 4.86. The van der Waals surface area contributed by atoms with Crippen LogP contribution in [0.1, 0.15) is 5.56 Å². The van der Waals surface area contributed by atoms with Gasteiger partial charge in [0.15, 0.2) is 0 Å². The van der Waals surface area contributed by atoms with Gasteiger partial charge < -0.3 is 4.74 Å². The topological polar surface area (TPSA) is 39.2 Å². The molecule has 0 aliphatic carbocycles. The number of carbonyl (C=O) groups is 1. The molecule has 1 aromatic heterocycles. The zero-order valence-corrected chi connectivity index (χ0v) is 9.78. The van der Waals surface area contributed by atoms with Crippen molar-refractivity contribution in [2.75, 3.05) is 7.11 Å². The zero-order valence-electron chi connectivity index (χ0n) is 9.03. The molecule has 0 N–H and O–H groups in total. The number of fused-ring (bicyclic) bond motifs is 1. The number of hydrogen-bond acceptors (Lipinski definition) is 3. The van der Waals surface area contributed by atoms with E-state index in [-0.39, 0.29) is 0 Å². The van der Waals surface area contributed by atoms with Crippen LogP contribution in [0.3, 0.4) is 0 Å². The van der Waals surface area contributed by atoms with Crippen molar-refractivity contribution >= 4 is 28.5 Å². The summed E-state index contributed by atoms with van der Waals surface area (Å²) in [6.45, 7) is 0. The minimum atomic E-state index is -0.566. The molecular weight excluding hydrogens is 238 g/mol. The number of rotatable bonds is 0. The Kier molecular flexibility index (Phi) is 3.27. The highest BCUT2D eigenvalue weighted by Gasteiger charge is 2.00. The Balaban J connectivity index is 2.54. The summed E-state index contributed by atoms with van der Waals surface area (Å²) in [5.41, 5.74) is 1.46. The summed E-state index contributed by atoms with van der Waals surface area (Å²) >= 11 is 5.87. The minimum absolute atomic E-state index is 0.566. The molecular formula is C13H8ClNO2. The van der Waals surface area contributed by atoms with Crippen LogP contribution in [0, 0.1) is 11.8 Å². The van der Waals surface area contributed by atoms with E-state index in [1.54, 1.807) is 24.4 Å². The monoisotopic (exact) mass is 245 g/mol. The molecule has 2 aromatic rings. The molecule has 0 unspecified atom stereocenters. The van der Waals surface area contributed by atoms with Crippen molar-refractivity contribution in [2.45, 2.75) is 0 Å². The molecule has 0 amide bonds. The first kappa shape index (κ1) is 11.4. The van der Waals surface area contributed by atoms with Crippen LogP contribution >= 0.6 is 11.6 Å². The summed E-state index contributed by atoms with van der Waals surface area (Å²) in [6.07, 6.45) is 1.62. The number of carbonyl (C=O) groups excluding carboxylic acids is 1. The highest BCUT2D eigenvalue weighted by atomic mass is 35.5. The molecule has 1 aromatic carbocycles. The van der Waals surface area contributed by atoms with Gasteiger partial charge in [0.2, 0.25) is 0 Å². The van der Waals surface area contributed by atoms with Crippen LogP contribution in [0.15, 0.2) is 30.5 Å². The van der Waals surface area contributed by atoms with Crippen LogP contribution < -0.4 is 0 Å². The minimum Gasteiger partial charge on any atom is -0.459 e. The van der Waals surface area contributed by atoms with Crippen molar-refractivity contribution in [3.05, 3.63) is 41.0 Å². The molecule has 17 heavy (non-hydrogen) atoms. The molecule has 0 saturated heterocycles. The average Bonchev–Trinajstić information content (AvgIpc) is 2.35. The summed E-state index contributed by atoms with van der Waals surface area (Å²) in [5, 5.41) is 1.47. The van der Waals surface area contributed by atoms with Gasteiger partial charge in [0.1, 0.15) is 0 Å². The predicted molar refractivity (Wildman–Crippen MR) is 65.6 cm³/mol. The van der Waals surface area contributed by atoms with Gasteiger partial charge in [0, 0.05) is 28.1 Å². The highest BCUT2D eigenvalue weighted by molar-refractivity contribution is 6.31. The lowest BCUT2D eigenvalue weighted by Crippen LogP contribution is -1.94. The van der Waals surface area contributed by atoms with Gasteiger partial charge in [0.05, 0.1) is 12.6 Å². The van der Waals surface area contributed by atoms with Gasteiger partial charge in [-0.25, -0.2) is 4.79 Å². The van der Waals surface area contributed by atoms with Gasteiger partial charge in [0.25, 0.3) is 0 Å². The van der Waals surface area contributed by atoms with E-state index in [4.69, 9.17) is 11.6 Å². The standard InChI is InChI=1S/C13H8ClNO2/c1-17-13(16)5-2-9-6-7-15-12-8-10(14)3-4-11(9)12/h3-4,6-8H,1H3. The normalized spacial score (nSPS) is 9.53. The lowest BCUT2D eigenvalue weighted by molar-refractivity contribution is -0.133. The molecule has 0 bridgehead atoms. The van der Waals surface area contributed by atoms with Crippen molar-refractivity contribution in [3.63, 3.8) is 0 Å². The highest BCUT2D eigenvalue weighted by Crippen LogP contribution is 2.19. The second-order valence-corrected chi connectivity index (χ2v) is 3.70. The molecule has 2 rings (SSSR count). The Hall–Kier alpha value is -2.05. The molecule has 1 heterocycles. The molecule has 0 fully saturated rings. The number of halogens is 1. The van der Waals surface area contributed by atoms with Crippen molar-refractivity contribution in [3.8, 4) is 11.8 Å². The maximum Gasteiger partial charge on any atom is 0.384 e. The van der Waals surface area contributed by atoms with Gasteiger partial charge in [-0.15, -0.1) is 0 Å². The fourth-order valence-electron chi connectivity index (χ4n) is 1.40. The second-order valence-electron chi connectivity index (χ2n) is 3.26. The van der Waals surface area contributed by atoms with Crippen molar-refractivity contribution in [1.29, 1.82) is 0 Å². The number of esters is 1. The summed E-state index contributed by atoms with van der Waals surface area (Å²) < 4.78 is 4.45. The maximum absolute atomic E-state index is 10.9. The van der Waals surface area contributed by atoms with Crippen LogP contribution in [0.4, 0.5) is 0 Å². The molecule has 0 spiro atoms. The molecule has 4 heteroatoms. The maximum atomic E-state index is 10.9. The van der Waals surface area contributed by atoms with E-state index in [9.17, 15) is 4.79 Å². The van der Waals surface area contributed by atoms with Gasteiger partial charge in [-0.2, -0.15) is 0 Å². The largest absolute Gasteiger partial charge is 0.459 e. The third-order valence-electron chi connectivity index (χ3n) is 2.19. The van der Waals surface area contributed by atoms with E-state index in [1.165, 1.54) is 7.11 Å². The van der Waals surface area contributed by atoms with Gasteiger partial charge in [-0.3, -0.25) is 4.98 Å². The molecule has 0 saturated carbocycles.